The Morgan fingerprint density at radius 3 is 2.91 bits per heavy atom. The molecule has 5 heteroatoms. The lowest BCUT2D eigenvalue weighted by molar-refractivity contribution is 0.188. The maximum absolute atomic E-state index is 12.8. The third-order valence-electron chi connectivity index (χ3n) is 3.86. The summed E-state index contributed by atoms with van der Waals surface area (Å²) in [5.41, 5.74) is 2.68. The Labute approximate surface area is 144 Å². The first-order valence-electron chi connectivity index (χ1n) is 7.68. The van der Waals surface area contributed by atoms with E-state index in [1.165, 1.54) is 0 Å². The largest absolute Gasteiger partial charge is 0.486 e. The molecule has 1 heterocycles. The number of rotatable bonds is 2. The number of urea groups is 1. The molecule has 0 saturated carbocycles. The van der Waals surface area contributed by atoms with E-state index in [9.17, 15) is 4.79 Å². The first-order valence-corrected chi connectivity index (χ1v) is 8.47. The van der Waals surface area contributed by atoms with Gasteiger partial charge in [0, 0.05) is 10.2 Å². The Morgan fingerprint density at radius 1 is 1.35 bits per heavy atom. The Morgan fingerprint density at radius 2 is 2.17 bits per heavy atom. The van der Waals surface area contributed by atoms with Crippen molar-refractivity contribution in [2.75, 3.05) is 16.8 Å². The van der Waals surface area contributed by atoms with Gasteiger partial charge in [-0.05, 0) is 49.2 Å². The Hall–Kier alpha value is -2.01. The number of benzene rings is 2. The highest BCUT2D eigenvalue weighted by Gasteiger charge is 2.29. The van der Waals surface area contributed by atoms with E-state index in [-0.39, 0.29) is 12.1 Å². The molecular formula is C18H19BrN2O2. The van der Waals surface area contributed by atoms with E-state index in [1.807, 2.05) is 49.4 Å². The standard InChI is InChI=1S/C18H19BrN2O2/c1-3-15-11-21(16-9-12(2)7-8-17(16)23-15)18(22)20-14-6-4-5-13(19)10-14/h4-10,15H,3,11H2,1-2H3,(H,20,22)/t15-/m0/s1. The van der Waals surface area contributed by atoms with Crippen molar-refractivity contribution in [3.05, 3.63) is 52.5 Å². The van der Waals surface area contributed by atoms with Gasteiger partial charge in [0.2, 0.25) is 0 Å². The number of carbonyl (C=O) groups excluding carboxylic acids is 1. The molecule has 23 heavy (non-hydrogen) atoms. The summed E-state index contributed by atoms with van der Waals surface area (Å²) in [6.45, 7) is 4.62. The fourth-order valence-corrected chi connectivity index (χ4v) is 3.02. The summed E-state index contributed by atoms with van der Waals surface area (Å²) in [6.07, 6.45) is 0.868. The Kier molecular flexibility index (Phi) is 4.57. The number of fused-ring (bicyclic) bond motifs is 1. The van der Waals surface area contributed by atoms with Crippen molar-refractivity contribution in [2.24, 2.45) is 0 Å². The van der Waals surface area contributed by atoms with Gasteiger partial charge in [0.25, 0.3) is 0 Å². The minimum absolute atomic E-state index is 0.0125. The number of anilines is 2. The summed E-state index contributed by atoms with van der Waals surface area (Å²) in [5.74, 6) is 0.762. The van der Waals surface area contributed by atoms with E-state index in [1.54, 1.807) is 4.90 Å². The molecule has 0 bridgehead atoms. The summed E-state index contributed by atoms with van der Waals surface area (Å²) >= 11 is 3.42. The molecule has 0 saturated heterocycles. The molecule has 3 rings (SSSR count). The second kappa shape index (κ2) is 6.62. The first-order chi connectivity index (χ1) is 11.1. The average molecular weight is 375 g/mol. The highest BCUT2D eigenvalue weighted by atomic mass is 79.9. The highest BCUT2D eigenvalue weighted by molar-refractivity contribution is 9.10. The van der Waals surface area contributed by atoms with E-state index in [2.05, 4.69) is 28.2 Å². The quantitative estimate of drug-likeness (QED) is 0.806. The third-order valence-corrected chi connectivity index (χ3v) is 4.35. The molecule has 0 unspecified atom stereocenters. The number of aryl methyl sites for hydroxylation is 1. The van der Waals surface area contributed by atoms with Gasteiger partial charge in [-0.3, -0.25) is 4.90 Å². The van der Waals surface area contributed by atoms with Crippen LogP contribution in [0.25, 0.3) is 0 Å². The maximum Gasteiger partial charge on any atom is 0.326 e. The SMILES string of the molecule is CC[C@H]1CN(C(=O)Nc2cccc(Br)c2)c2cc(C)ccc2O1. The van der Waals surface area contributed by atoms with Crippen LogP contribution in [0.4, 0.5) is 16.2 Å². The van der Waals surface area contributed by atoms with Gasteiger partial charge in [0.15, 0.2) is 0 Å². The monoisotopic (exact) mass is 374 g/mol. The lowest BCUT2D eigenvalue weighted by Gasteiger charge is -2.34. The van der Waals surface area contributed by atoms with Crippen LogP contribution in [0.5, 0.6) is 5.75 Å². The van der Waals surface area contributed by atoms with Crippen molar-refractivity contribution < 1.29 is 9.53 Å². The van der Waals surface area contributed by atoms with Gasteiger partial charge >= 0.3 is 6.03 Å². The normalized spacial score (nSPS) is 16.5. The summed E-state index contributed by atoms with van der Waals surface area (Å²) in [4.78, 5) is 14.5. The molecule has 0 radical (unpaired) electrons. The zero-order valence-corrected chi connectivity index (χ0v) is 14.8. The van der Waals surface area contributed by atoms with Crippen LogP contribution >= 0.6 is 15.9 Å². The van der Waals surface area contributed by atoms with Crippen LogP contribution in [0.2, 0.25) is 0 Å². The summed E-state index contributed by atoms with van der Waals surface area (Å²) < 4.78 is 6.89. The Balaban J connectivity index is 1.88. The molecule has 1 atom stereocenters. The minimum atomic E-state index is -0.142. The number of ether oxygens (including phenoxy) is 1. The molecule has 2 aromatic carbocycles. The fraction of sp³-hybridized carbons (Fsp3) is 0.278. The van der Waals surface area contributed by atoms with E-state index < -0.39 is 0 Å². The smallest absolute Gasteiger partial charge is 0.326 e. The second-order valence-corrected chi connectivity index (χ2v) is 6.59. The van der Waals surface area contributed by atoms with Crippen LogP contribution < -0.4 is 15.0 Å². The van der Waals surface area contributed by atoms with E-state index in [4.69, 9.17) is 4.74 Å². The lowest BCUT2D eigenvalue weighted by atomic mass is 10.1. The Bertz CT molecular complexity index is 733. The zero-order valence-electron chi connectivity index (χ0n) is 13.2. The average Bonchev–Trinajstić information content (AvgIpc) is 2.53. The molecule has 120 valence electrons. The van der Waals surface area contributed by atoms with Gasteiger partial charge in [-0.1, -0.05) is 35.0 Å². The lowest BCUT2D eigenvalue weighted by Crippen LogP contribution is -2.45. The van der Waals surface area contributed by atoms with E-state index in [0.717, 1.165) is 33.6 Å². The van der Waals surface area contributed by atoms with Crippen LogP contribution in [-0.2, 0) is 0 Å². The number of hydrogen-bond donors (Lipinski definition) is 1. The topological polar surface area (TPSA) is 41.6 Å². The van der Waals surface area contributed by atoms with Crippen molar-refractivity contribution in [3.8, 4) is 5.75 Å². The number of amides is 2. The molecule has 0 spiro atoms. The number of carbonyl (C=O) groups is 1. The first kappa shape index (κ1) is 15.9. The van der Waals surface area contributed by atoms with Crippen LogP contribution in [0.1, 0.15) is 18.9 Å². The number of halogens is 1. The number of hydrogen-bond acceptors (Lipinski definition) is 2. The van der Waals surface area contributed by atoms with Crippen molar-refractivity contribution in [1.82, 2.24) is 0 Å². The van der Waals surface area contributed by atoms with E-state index >= 15 is 0 Å². The number of nitrogens with zero attached hydrogens (tertiary/aromatic N) is 1. The molecule has 0 aliphatic carbocycles. The molecule has 0 fully saturated rings. The van der Waals surface area contributed by atoms with Crippen molar-refractivity contribution in [1.29, 1.82) is 0 Å². The van der Waals surface area contributed by atoms with Crippen LogP contribution in [0.3, 0.4) is 0 Å². The molecule has 1 N–H and O–H groups in total. The molecular weight excluding hydrogens is 356 g/mol. The molecule has 4 nitrogen and oxygen atoms in total. The molecule has 2 aromatic rings. The third kappa shape index (κ3) is 3.50. The summed E-state index contributed by atoms with van der Waals surface area (Å²) in [5, 5.41) is 2.96. The zero-order chi connectivity index (χ0) is 16.4. The van der Waals surface area contributed by atoms with Gasteiger partial charge in [-0.2, -0.15) is 0 Å². The predicted molar refractivity (Wildman–Crippen MR) is 96.4 cm³/mol. The van der Waals surface area contributed by atoms with Crippen LogP contribution in [-0.4, -0.2) is 18.7 Å². The predicted octanol–water partition coefficient (Wildman–Crippen LogP) is 4.97. The number of nitrogens with one attached hydrogen (secondary N) is 1. The highest BCUT2D eigenvalue weighted by Crippen LogP contribution is 2.35. The second-order valence-electron chi connectivity index (χ2n) is 5.67. The molecule has 1 aliphatic rings. The molecule has 0 aromatic heterocycles. The minimum Gasteiger partial charge on any atom is -0.486 e. The van der Waals surface area contributed by atoms with Gasteiger partial charge in [0.1, 0.15) is 11.9 Å². The van der Waals surface area contributed by atoms with Gasteiger partial charge < -0.3 is 10.1 Å². The van der Waals surface area contributed by atoms with Gasteiger partial charge in [-0.25, -0.2) is 4.79 Å². The fourth-order valence-electron chi connectivity index (χ4n) is 2.62. The maximum atomic E-state index is 12.8. The van der Waals surface area contributed by atoms with Gasteiger partial charge in [0.05, 0.1) is 12.2 Å². The van der Waals surface area contributed by atoms with Gasteiger partial charge in [-0.15, -0.1) is 0 Å². The van der Waals surface area contributed by atoms with Crippen molar-refractivity contribution in [3.63, 3.8) is 0 Å². The molecule has 1 aliphatic heterocycles. The van der Waals surface area contributed by atoms with Crippen molar-refractivity contribution in [2.45, 2.75) is 26.4 Å². The van der Waals surface area contributed by atoms with Crippen LogP contribution in [0.15, 0.2) is 46.9 Å². The summed E-state index contributed by atoms with van der Waals surface area (Å²) in [6, 6.07) is 13.4. The summed E-state index contributed by atoms with van der Waals surface area (Å²) in [7, 11) is 0. The van der Waals surface area contributed by atoms with Crippen molar-refractivity contribution >= 4 is 33.3 Å². The van der Waals surface area contributed by atoms with Crippen LogP contribution in [0, 0.1) is 6.92 Å². The molecule has 2 amide bonds. The van der Waals surface area contributed by atoms with E-state index in [0.29, 0.717) is 6.54 Å².